The first-order chi connectivity index (χ1) is 10.1. The number of nitrogens with one attached hydrogen (secondary N) is 2. The molecule has 0 saturated heterocycles. The van der Waals surface area contributed by atoms with E-state index >= 15 is 0 Å². The van der Waals surface area contributed by atoms with Crippen molar-refractivity contribution in [1.29, 1.82) is 0 Å². The second kappa shape index (κ2) is 5.68. The molecule has 0 heterocycles. The third-order valence-corrected chi connectivity index (χ3v) is 5.19. The van der Waals surface area contributed by atoms with Gasteiger partial charge in [0.2, 0.25) is 0 Å². The molecule has 2 aliphatic carbocycles. The van der Waals surface area contributed by atoms with Crippen molar-refractivity contribution >= 4 is 6.03 Å². The zero-order valence-corrected chi connectivity index (χ0v) is 12.6. The number of carbonyl (C=O) groups is 1. The molecule has 114 valence electrons. The van der Waals surface area contributed by atoms with Crippen molar-refractivity contribution in [3.63, 3.8) is 0 Å². The summed E-state index contributed by atoms with van der Waals surface area (Å²) in [6.07, 6.45) is 4.98. The number of carbonyl (C=O) groups excluding carboxylic acids is 1. The number of hydrogen-bond acceptors (Lipinski definition) is 2. The maximum atomic E-state index is 12.3. The molecule has 21 heavy (non-hydrogen) atoms. The largest absolute Gasteiger partial charge is 0.396 e. The molecule has 2 aliphatic rings. The van der Waals surface area contributed by atoms with Crippen LogP contribution in [0.1, 0.15) is 49.8 Å². The van der Waals surface area contributed by atoms with Crippen LogP contribution in [0.15, 0.2) is 24.3 Å². The molecule has 3 atom stereocenters. The van der Waals surface area contributed by atoms with Crippen molar-refractivity contribution in [2.24, 2.45) is 5.41 Å². The fraction of sp³-hybridized carbons (Fsp3) is 0.588. The normalized spacial score (nSPS) is 31.0. The molecule has 3 unspecified atom stereocenters. The SMILES string of the molecule is CC1(CO)CCCC1NC(=O)NC1CCc2ccccc21. The third-order valence-electron chi connectivity index (χ3n) is 5.19. The highest BCUT2D eigenvalue weighted by Gasteiger charge is 2.39. The van der Waals surface area contributed by atoms with E-state index in [-0.39, 0.29) is 30.1 Å². The van der Waals surface area contributed by atoms with Crippen molar-refractivity contribution in [3.8, 4) is 0 Å². The van der Waals surface area contributed by atoms with Crippen LogP contribution in [0.25, 0.3) is 0 Å². The van der Waals surface area contributed by atoms with Gasteiger partial charge in [-0.1, -0.05) is 37.6 Å². The Morgan fingerprint density at radius 1 is 1.33 bits per heavy atom. The summed E-state index contributed by atoms with van der Waals surface area (Å²) >= 11 is 0. The third kappa shape index (κ3) is 2.77. The van der Waals surface area contributed by atoms with Crippen molar-refractivity contribution in [1.82, 2.24) is 10.6 Å². The number of fused-ring (bicyclic) bond motifs is 1. The lowest BCUT2D eigenvalue weighted by Crippen LogP contribution is -2.49. The van der Waals surface area contributed by atoms with E-state index in [1.807, 2.05) is 12.1 Å². The summed E-state index contributed by atoms with van der Waals surface area (Å²) in [5, 5.41) is 15.7. The van der Waals surface area contributed by atoms with Gasteiger partial charge in [0.15, 0.2) is 0 Å². The number of hydrogen-bond donors (Lipinski definition) is 3. The molecule has 4 heteroatoms. The van der Waals surface area contributed by atoms with E-state index in [0.29, 0.717) is 0 Å². The van der Waals surface area contributed by atoms with E-state index in [0.717, 1.165) is 32.1 Å². The molecule has 0 bridgehead atoms. The van der Waals surface area contributed by atoms with Crippen LogP contribution in [-0.4, -0.2) is 23.8 Å². The van der Waals surface area contributed by atoms with Crippen LogP contribution in [0.4, 0.5) is 4.79 Å². The van der Waals surface area contributed by atoms with Gasteiger partial charge in [-0.2, -0.15) is 0 Å². The molecule has 0 aromatic heterocycles. The van der Waals surface area contributed by atoms with Crippen LogP contribution in [0, 0.1) is 5.41 Å². The molecule has 2 amide bonds. The van der Waals surface area contributed by atoms with Gasteiger partial charge in [0.05, 0.1) is 12.6 Å². The summed E-state index contributed by atoms with van der Waals surface area (Å²) in [7, 11) is 0. The Labute approximate surface area is 125 Å². The fourth-order valence-electron chi connectivity index (χ4n) is 3.73. The summed E-state index contributed by atoms with van der Waals surface area (Å²) in [4.78, 5) is 12.3. The summed E-state index contributed by atoms with van der Waals surface area (Å²) in [5.41, 5.74) is 2.40. The lowest BCUT2D eigenvalue weighted by Gasteiger charge is -2.30. The van der Waals surface area contributed by atoms with E-state index in [1.54, 1.807) is 0 Å². The standard InChI is InChI=1S/C17H24N2O2/c1-17(11-20)10-4-7-15(17)19-16(21)18-14-9-8-12-5-2-3-6-13(12)14/h2-3,5-6,14-15,20H,4,7-11H2,1H3,(H2,18,19,21). The molecule has 1 saturated carbocycles. The highest BCUT2D eigenvalue weighted by molar-refractivity contribution is 5.75. The van der Waals surface area contributed by atoms with Crippen LogP contribution < -0.4 is 10.6 Å². The highest BCUT2D eigenvalue weighted by atomic mass is 16.3. The molecule has 3 N–H and O–H groups in total. The zero-order valence-electron chi connectivity index (χ0n) is 12.6. The highest BCUT2D eigenvalue weighted by Crippen LogP contribution is 2.37. The van der Waals surface area contributed by atoms with Crippen LogP contribution in [-0.2, 0) is 6.42 Å². The Balaban J connectivity index is 1.61. The molecule has 4 nitrogen and oxygen atoms in total. The van der Waals surface area contributed by atoms with E-state index in [4.69, 9.17) is 0 Å². The Morgan fingerprint density at radius 3 is 2.95 bits per heavy atom. The zero-order chi connectivity index (χ0) is 14.9. The molecule has 1 aromatic carbocycles. The van der Waals surface area contributed by atoms with Gasteiger partial charge in [-0.05, 0) is 36.8 Å². The van der Waals surface area contributed by atoms with Crippen molar-refractivity contribution < 1.29 is 9.90 Å². The number of rotatable bonds is 3. The average molecular weight is 288 g/mol. The smallest absolute Gasteiger partial charge is 0.315 e. The van der Waals surface area contributed by atoms with Crippen molar-refractivity contribution in [3.05, 3.63) is 35.4 Å². The molecule has 0 aliphatic heterocycles. The molecular formula is C17H24N2O2. The predicted octanol–water partition coefficient (Wildman–Crippen LogP) is 2.52. The number of urea groups is 1. The predicted molar refractivity (Wildman–Crippen MR) is 82.0 cm³/mol. The molecule has 0 radical (unpaired) electrons. The van der Waals surface area contributed by atoms with Crippen LogP contribution >= 0.6 is 0 Å². The lowest BCUT2D eigenvalue weighted by molar-refractivity contribution is 0.120. The number of aryl methyl sites for hydroxylation is 1. The summed E-state index contributed by atoms with van der Waals surface area (Å²) in [5.74, 6) is 0. The second-order valence-corrected chi connectivity index (χ2v) is 6.66. The van der Waals surface area contributed by atoms with Gasteiger partial charge < -0.3 is 15.7 Å². The molecule has 1 aromatic rings. The Bertz CT molecular complexity index is 531. The van der Waals surface area contributed by atoms with Crippen LogP contribution in [0.2, 0.25) is 0 Å². The van der Waals surface area contributed by atoms with Crippen molar-refractivity contribution in [2.45, 2.75) is 51.1 Å². The Kier molecular flexibility index (Phi) is 3.89. The Hall–Kier alpha value is -1.55. The number of amides is 2. The fourth-order valence-corrected chi connectivity index (χ4v) is 3.73. The average Bonchev–Trinajstić information content (AvgIpc) is 3.05. The lowest BCUT2D eigenvalue weighted by atomic mass is 9.86. The minimum Gasteiger partial charge on any atom is -0.396 e. The van der Waals surface area contributed by atoms with E-state index in [9.17, 15) is 9.90 Å². The van der Waals surface area contributed by atoms with Crippen LogP contribution in [0.3, 0.4) is 0 Å². The second-order valence-electron chi connectivity index (χ2n) is 6.66. The van der Waals surface area contributed by atoms with Gasteiger partial charge in [-0.25, -0.2) is 4.79 Å². The first kappa shape index (κ1) is 14.4. The molecule has 1 fully saturated rings. The molecule has 3 rings (SSSR count). The topological polar surface area (TPSA) is 61.4 Å². The van der Waals surface area contributed by atoms with Gasteiger partial charge in [0.1, 0.15) is 0 Å². The number of benzene rings is 1. The summed E-state index contributed by atoms with van der Waals surface area (Å²) in [6, 6.07) is 8.38. The number of aliphatic hydroxyl groups excluding tert-OH is 1. The summed E-state index contributed by atoms with van der Waals surface area (Å²) in [6.45, 7) is 2.18. The minimum atomic E-state index is -0.176. The van der Waals surface area contributed by atoms with E-state index in [2.05, 4.69) is 29.7 Å². The van der Waals surface area contributed by atoms with Gasteiger partial charge >= 0.3 is 6.03 Å². The monoisotopic (exact) mass is 288 g/mol. The van der Waals surface area contributed by atoms with Gasteiger partial charge in [0.25, 0.3) is 0 Å². The van der Waals surface area contributed by atoms with E-state index in [1.165, 1.54) is 11.1 Å². The first-order valence-electron chi connectivity index (χ1n) is 7.88. The minimum absolute atomic E-state index is 0.0687. The van der Waals surface area contributed by atoms with Gasteiger partial charge in [-0.3, -0.25) is 0 Å². The quantitative estimate of drug-likeness (QED) is 0.800. The maximum Gasteiger partial charge on any atom is 0.315 e. The van der Waals surface area contributed by atoms with Crippen molar-refractivity contribution in [2.75, 3.05) is 6.61 Å². The first-order valence-corrected chi connectivity index (χ1v) is 7.88. The Morgan fingerprint density at radius 2 is 2.14 bits per heavy atom. The summed E-state index contributed by atoms with van der Waals surface area (Å²) < 4.78 is 0. The number of aliphatic hydroxyl groups is 1. The molecule has 0 spiro atoms. The maximum absolute atomic E-state index is 12.3. The van der Waals surface area contributed by atoms with Gasteiger partial charge in [0, 0.05) is 11.5 Å². The molecular weight excluding hydrogens is 264 g/mol. The van der Waals surface area contributed by atoms with Gasteiger partial charge in [-0.15, -0.1) is 0 Å². The van der Waals surface area contributed by atoms with E-state index < -0.39 is 0 Å². The van der Waals surface area contributed by atoms with Crippen LogP contribution in [0.5, 0.6) is 0 Å².